The molecule has 0 radical (unpaired) electrons. The van der Waals surface area contributed by atoms with Crippen LogP contribution in [0.1, 0.15) is 30.1 Å². The van der Waals surface area contributed by atoms with Crippen molar-refractivity contribution in [1.82, 2.24) is 0 Å². The second-order valence-electron chi connectivity index (χ2n) is 4.25. The Morgan fingerprint density at radius 1 is 1.36 bits per heavy atom. The van der Waals surface area contributed by atoms with Crippen molar-refractivity contribution < 1.29 is 5.11 Å². The molecular weight excluding hydrogens is 239 g/mol. The van der Waals surface area contributed by atoms with Gasteiger partial charge in [-0.25, -0.2) is 0 Å². The fraction of sp³-hybridized carbons (Fsp3) is 0.500. The molecular formula is C12H16OSe. The molecule has 14 heavy (non-hydrogen) atoms. The van der Waals surface area contributed by atoms with Crippen LogP contribution in [0, 0.1) is 0 Å². The normalized spacial score (nSPS) is 32.9. The van der Waals surface area contributed by atoms with Gasteiger partial charge in [0.05, 0.1) is 0 Å². The van der Waals surface area contributed by atoms with Crippen molar-refractivity contribution >= 4 is 15.0 Å². The standard InChI is InChI=1S/C12H16OSe/c1-12(13)8-7-11(14-9-12)10-5-3-2-4-6-10/h2-6,11,13H,7-9H2,1H3/t11-,12+/m0/s1. The summed E-state index contributed by atoms with van der Waals surface area (Å²) in [5.41, 5.74) is 1.08. The van der Waals surface area contributed by atoms with E-state index in [1.165, 1.54) is 5.56 Å². The molecule has 0 spiro atoms. The average molecular weight is 255 g/mol. The predicted octanol–water partition coefficient (Wildman–Crippen LogP) is 2.40. The third kappa shape index (κ3) is 2.38. The van der Waals surface area contributed by atoms with Gasteiger partial charge < -0.3 is 0 Å². The molecule has 1 aromatic rings. The third-order valence-corrected chi connectivity index (χ3v) is 6.28. The van der Waals surface area contributed by atoms with E-state index in [0.29, 0.717) is 15.0 Å². The summed E-state index contributed by atoms with van der Waals surface area (Å²) in [5, 5.41) is 10.9. The van der Waals surface area contributed by atoms with Gasteiger partial charge >= 0.3 is 91.5 Å². The van der Waals surface area contributed by atoms with Crippen molar-refractivity contribution in [2.24, 2.45) is 0 Å². The first-order valence-corrected chi connectivity index (χ1v) is 7.26. The quantitative estimate of drug-likeness (QED) is 0.764. The molecule has 0 aromatic heterocycles. The molecule has 2 rings (SSSR count). The summed E-state index contributed by atoms with van der Waals surface area (Å²) in [7, 11) is 0. The van der Waals surface area contributed by atoms with Crippen LogP contribution in [0.3, 0.4) is 0 Å². The van der Waals surface area contributed by atoms with Gasteiger partial charge in [-0.1, -0.05) is 0 Å². The molecule has 1 aromatic carbocycles. The first kappa shape index (κ1) is 10.2. The van der Waals surface area contributed by atoms with Crippen LogP contribution in [-0.2, 0) is 0 Å². The van der Waals surface area contributed by atoms with Crippen LogP contribution >= 0.6 is 0 Å². The van der Waals surface area contributed by atoms with Gasteiger partial charge in [0.15, 0.2) is 0 Å². The van der Waals surface area contributed by atoms with Crippen LogP contribution in [0.5, 0.6) is 0 Å². The van der Waals surface area contributed by atoms with E-state index in [2.05, 4.69) is 30.3 Å². The number of aliphatic hydroxyl groups is 1. The fourth-order valence-electron chi connectivity index (χ4n) is 1.81. The second kappa shape index (κ2) is 4.06. The van der Waals surface area contributed by atoms with Crippen molar-refractivity contribution in [2.75, 3.05) is 0 Å². The van der Waals surface area contributed by atoms with Gasteiger partial charge in [-0.2, -0.15) is 0 Å². The van der Waals surface area contributed by atoms with E-state index in [0.717, 1.165) is 23.0 Å². The number of rotatable bonds is 1. The Morgan fingerprint density at radius 2 is 2.07 bits per heavy atom. The van der Waals surface area contributed by atoms with E-state index >= 15 is 0 Å². The van der Waals surface area contributed by atoms with Gasteiger partial charge in [0.1, 0.15) is 0 Å². The van der Waals surface area contributed by atoms with Crippen LogP contribution in [-0.4, -0.2) is 25.7 Å². The van der Waals surface area contributed by atoms with Crippen LogP contribution < -0.4 is 0 Å². The Bertz CT molecular complexity index is 284. The first-order chi connectivity index (χ1) is 6.67. The number of hydrogen-bond donors (Lipinski definition) is 1. The van der Waals surface area contributed by atoms with E-state index in [1.807, 2.05) is 6.92 Å². The molecule has 1 aliphatic rings. The predicted molar refractivity (Wildman–Crippen MR) is 59.6 cm³/mol. The summed E-state index contributed by atoms with van der Waals surface area (Å²) in [4.78, 5) is 0.726. The molecule has 2 atom stereocenters. The SMILES string of the molecule is C[C@@]1(O)CC[C@@H](c2ccccc2)[Se]C1. The zero-order valence-electron chi connectivity index (χ0n) is 8.44. The van der Waals surface area contributed by atoms with Crippen molar-refractivity contribution in [3.63, 3.8) is 0 Å². The maximum atomic E-state index is 9.85. The molecule has 1 nitrogen and oxygen atoms in total. The Balaban J connectivity index is 2.03. The summed E-state index contributed by atoms with van der Waals surface area (Å²) in [6.07, 6.45) is 2.10. The van der Waals surface area contributed by atoms with Gasteiger partial charge in [-0.15, -0.1) is 0 Å². The molecule has 0 unspecified atom stereocenters. The summed E-state index contributed by atoms with van der Waals surface area (Å²) in [5.74, 6) is 0. The monoisotopic (exact) mass is 256 g/mol. The van der Waals surface area contributed by atoms with E-state index in [4.69, 9.17) is 0 Å². The first-order valence-electron chi connectivity index (χ1n) is 5.06. The Kier molecular flexibility index (Phi) is 2.96. The average Bonchev–Trinajstić information content (AvgIpc) is 2.19. The molecule has 0 amide bonds. The summed E-state index contributed by atoms with van der Waals surface area (Å²) < 4.78 is 0. The minimum absolute atomic E-state index is 0.384. The van der Waals surface area contributed by atoms with Crippen molar-refractivity contribution in [3.05, 3.63) is 35.9 Å². The zero-order valence-corrected chi connectivity index (χ0v) is 10.2. The van der Waals surface area contributed by atoms with Crippen molar-refractivity contribution in [2.45, 2.75) is 35.5 Å². The van der Waals surface area contributed by atoms with Crippen molar-refractivity contribution in [3.8, 4) is 0 Å². The summed E-state index contributed by atoms with van der Waals surface area (Å²) in [6.45, 7) is 1.97. The van der Waals surface area contributed by atoms with E-state index in [9.17, 15) is 5.11 Å². The summed E-state index contributed by atoms with van der Waals surface area (Å²) >= 11 is 0.559. The van der Waals surface area contributed by atoms with Gasteiger partial charge in [0.25, 0.3) is 0 Å². The molecule has 76 valence electrons. The molecule has 1 aliphatic heterocycles. The minimum atomic E-state index is -0.384. The Hall–Kier alpha value is -0.301. The zero-order chi connectivity index (χ0) is 10.0. The number of hydrogen-bond acceptors (Lipinski definition) is 1. The molecule has 1 fully saturated rings. The Morgan fingerprint density at radius 3 is 2.64 bits per heavy atom. The topological polar surface area (TPSA) is 20.2 Å². The molecule has 1 saturated heterocycles. The van der Waals surface area contributed by atoms with Crippen molar-refractivity contribution in [1.29, 1.82) is 0 Å². The van der Waals surface area contributed by atoms with Gasteiger partial charge in [0, 0.05) is 0 Å². The van der Waals surface area contributed by atoms with Crippen LogP contribution in [0.2, 0.25) is 5.32 Å². The van der Waals surface area contributed by atoms with Crippen LogP contribution in [0.25, 0.3) is 0 Å². The summed E-state index contributed by atoms with van der Waals surface area (Å²) in [6, 6.07) is 10.7. The van der Waals surface area contributed by atoms with Gasteiger partial charge in [0.2, 0.25) is 0 Å². The van der Waals surface area contributed by atoms with E-state index < -0.39 is 0 Å². The van der Waals surface area contributed by atoms with E-state index in [-0.39, 0.29) is 5.60 Å². The molecule has 2 heteroatoms. The molecule has 0 aliphatic carbocycles. The molecule has 1 heterocycles. The van der Waals surface area contributed by atoms with Crippen LogP contribution in [0.15, 0.2) is 30.3 Å². The molecule has 1 N–H and O–H groups in total. The van der Waals surface area contributed by atoms with Gasteiger partial charge in [-0.3, -0.25) is 0 Å². The fourth-order valence-corrected chi connectivity index (χ4v) is 4.62. The van der Waals surface area contributed by atoms with E-state index in [1.54, 1.807) is 0 Å². The number of benzene rings is 1. The third-order valence-electron chi connectivity index (χ3n) is 2.71. The molecule has 0 saturated carbocycles. The molecule has 0 bridgehead atoms. The second-order valence-corrected chi connectivity index (χ2v) is 6.74. The van der Waals surface area contributed by atoms with Gasteiger partial charge in [-0.05, 0) is 0 Å². The van der Waals surface area contributed by atoms with Crippen LogP contribution in [0.4, 0.5) is 0 Å². The maximum absolute atomic E-state index is 9.85. The Labute approximate surface area is 91.7 Å².